The molecule has 2 heterocycles. The van der Waals surface area contributed by atoms with Gasteiger partial charge in [-0.05, 0) is 24.3 Å². The number of anilines is 1. The Morgan fingerprint density at radius 3 is 2.45 bits per heavy atom. The smallest absolute Gasteiger partial charge is 0.255 e. The van der Waals surface area contributed by atoms with Crippen LogP contribution in [0.5, 0.6) is 0 Å². The zero-order chi connectivity index (χ0) is 15.5. The number of benzene rings is 1. The van der Waals surface area contributed by atoms with E-state index in [9.17, 15) is 13.6 Å². The van der Waals surface area contributed by atoms with Gasteiger partial charge in [0.25, 0.3) is 5.91 Å². The maximum atomic E-state index is 13.3. The quantitative estimate of drug-likeness (QED) is 0.854. The summed E-state index contributed by atoms with van der Waals surface area (Å²) in [6, 6.07) is 7.32. The second-order valence-corrected chi connectivity index (χ2v) is 5.12. The number of carbonyl (C=O) groups is 1. The molecule has 6 heteroatoms. The van der Waals surface area contributed by atoms with E-state index in [-0.39, 0.29) is 5.91 Å². The van der Waals surface area contributed by atoms with Gasteiger partial charge in [0.1, 0.15) is 0 Å². The average Bonchev–Trinajstić information content (AvgIpc) is 2.58. The van der Waals surface area contributed by atoms with Gasteiger partial charge in [-0.25, -0.2) is 8.78 Å². The van der Waals surface area contributed by atoms with Gasteiger partial charge in [-0.3, -0.25) is 9.78 Å². The Labute approximate surface area is 127 Å². The average molecular weight is 303 g/mol. The molecule has 0 spiro atoms. The highest BCUT2D eigenvalue weighted by molar-refractivity contribution is 5.94. The van der Waals surface area contributed by atoms with Gasteiger partial charge in [-0.2, -0.15) is 0 Å². The second kappa shape index (κ2) is 6.09. The molecular weight excluding hydrogens is 288 g/mol. The number of piperazine rings is 1. The Balaban J connectivity index is 1.65. The van der Waals surface area contributed by atoms with Gasteiger partial charge in [0.15, 0.2) is 11.6 Å². The number of hydrogen-bond acceptors (Lipinski definition) is 3. The van der Waals surface area contributed by atoms with Gasteiger partial charge < -0.3 is 9.80 Å². The predicted molar refractivity (Wildman–Crippen MR) is 78.7 cm³/mol. The lowest BCUT2D eigenvalue weighted by Crippen LogP contribution is -2.48. The van der Waals surface area contributed by atoms with Crippen molar-refractivity contribution in [3.8, 4) is 0 Å². The maximum Gasteiger partial charge on any atom is 0.255 e. The largest absolute Gasteiger partial charge is 0.368 e. The number of rotatable bonds is 2. The summed E-state index contributed by atoms with van der Waals surface area (Å²) < 4.78 is 26.3. The summed E-state index contributed by atoms with van der Waals surface area (Å²) in [5.74, 6) is -1.77. The van der Waals surface area contributed by atoms with Gasteiger partial charge in [0.2, 0.25) is 0 Å². The molecule has 1 aromatic carbocycles. The first-order valence-electron chi connectivity index (χ1n) is 7.04. The van der Waals surface area contributed by atoms with Crippen LogP contribution in [-0.4, -0.2) is 42.0 Å². The minimum Gasteiger partial charge on any atom is -0.368 e. The monoisotopic (exact) mass is 303 g/mol. The minimum atomic E-state index is -0.855. The van der Waals surface area contributed by atoms with Crippen LogP contribution in [0.4, 0.5) is 14.5 Å². The van der Waals surface area contributed by atoms with Crippen molar-refractivity contribution in [2.24, 2.45) is 0 Å². The fraction of sp³-hybridized carbons (Fsp3) is 0.250. The van der Waals surface area contributed by atoms with Gasteiger partial charge in [0, 0.05) is 50.3 Å². The van der Waals surface area contributed by atoms with E-state index in [1.165, 1.54) is 6.07 Å². The third-order valence-electron chi connectivity index (χ3n) is 3.74. The van der Waals surface area contributed by atoms with Crippen LogP contribution in [0.2, 0.25) is 0 Å². The van der Waals surface area contributed by atoms with E-state index in [2.05, 4.69) is 4.98 Å². The van der Waals surface area contributed by atoms with Gasteiger partial charge in [0.05, 0.1) is 5.56 Å². The van der Waals surface area contributed by atoms with E-state index in [0.29, 0.717) is 37.4 Å². The lowest BCUT2D eigenvalue weighted by molar-refractivity contribution is 0.0746. The molecule has 0 atom stereocenters. The topological polar surface area (TPSA) is 36.4 Å². The third kappa shape index (κ3) is 2.90. The first-order chi connectivity index (χ1) is 10.6. The van der Waals surface area contributed by atoms with Crippen LogP contribution in [0.3, 0.4) is 0 Å². The van der Waals surface area contributed by atoms with Crippen molar-refractivity contribution < 1.29 is 13.6 Å². The van der Waals surface area contributed by atoms with Crippen molar-refractivity contribution in [2.45, 2.75) is 0 Å². The normalized spacial score (nSPS) is 15.0. The zero-order valence-electron chi connectivity index (χ0n) is 11.9. The molecule has 0 N–H and O–H groups in total. The Bertz CT molecular complexity index is 670. The predicted octanol–water partition coefficient (Wildman–Crippen LogP) is 2.32. The lowest BCUT2D eigenvalue weighted by atomic mass is 10.2. The van der Waals surface area contributed by atoms with Crippen molar-refractivity contribution in [1.29, 1.82) is 0 Å². The first kappa shape index (κ1) is 14.4. The summed E-state index contributed by atoms with van der Waals surface area (Å²) in [5, 5.41) is 0. The highest BCUT2D eigenvalue weighted by Gasteiger charge is 2.22. The van der Waals surface area contributed by atoms with Crippen LogP contribution in [-0.2, 0) is 0 Å². The number of aromatic nitrogens is 1. The molecule has 2 aromatic rings. The molecule has 1 amide bonds. The van der Waals surface area contributed by atoms with Crippen LogP contribution in [0, 0.1) is 11.6 Å². The number of pyridine rings is 1. The molecule has 1 aliphatic heterocycles. The van der Waals surface area contributed by atoms with E-state index in [0.717, 1.165) is 6.07 Å². The van der Waals surface area contributed by atoms with E-state index in [1.54, 1.807) is 35.5 Å². The number of hydrogen-bond donors (Lipinski definition) is 0. The molecule has 0 radical (unpaired) electrons. The molecule has 1 aromatic heterocycles. The van der Waals surface area contributed by atoms with Crippen LogP contribution >= 0.6 is 0 Å². The van der Waals surface area contributed by atoms with Gasteiger partial charge in [-0.15, -0.1) is 0 Å². The van der Waals surface area contributed by atoms with Crippen molar-refractivity contribution in [1.82, 2.24) is 9.88 Å². The molecule has 0 bridgehead atoms. The third-order valence-corrected chi connectivity index (χ3v) is 3.74. The fourth-order valence-electron chi connectivity index (χ4n) is 2.52. The molecule has 1 saturated heterocycles. The highest BCUT2D eigenvalue weighted by Crippen LogP contribution is 2.20. The number of halogens is 2. The summed E-state index contributed by atoms with van der Waals surface area (Å²) in [4.78, 5) is 19.9. The van der Waals surface area contributed by atoms with Crippen molar-refractivity contribution in [3.63, 3.8) is 0 Å². The Morgan fingerprint density at radius 2 is 1.82 bits per heavy atom. The molecule has 22 heavy (non-hydrogen) atoms. The minimum absolute atomic E-state index is 0.0574. The molecule has 114 valence electrons. The van der Waals surface area contributed by atoms with E-state index < -0.39 is 11.6 Å². The van der Waals surface area contributed by atoms with Crippen LogP contribution < -0.4 is 4.90 Å². The van der Waals surface area contributed by atoms with Crippen molar-refractivity contribution in [3.05, 3.63) is 59.9 Å². The van der Waals surface area contributed by atoms with Gasteiger partial charge in [-0.1, -0.05) is 0 Å². The molecule has 1 aliphatic rings. The summed E-state index contributed by atoms with van der Waals surface area (Å²) in [6.07, 6.45) is 3.17. The van der Waals surface area contributed by atoms with Gasteiger partial charge >= 0.3 is 0 Å². The number of nitrogens with zero attached hydrogens (tertiary/aromatic N) is 3. The second-order valence-electron chi connectivity index (χ2n) is 5.12. The molecule has 0 unspecified atom stereocenters. The van der Waals surface area contributed by atoms with Crippen LogP contribution in [0.1, 0.15) is 10.4 Å². The standard InChI is InChI=1S/C16H15F2N3O/c17-14-4-3-13(10-15(14)18)20-6-8-21(9-7-20)16(22)12-2-1-5-19-11-12/h1-5,10-11H,6-9H2. The highest BCUT2D eigenvalue weighted by atomic mass is 19.2. The number of amides is 1. The van der Waals surface area contributed by atoms with E-state index in [1.807, 2.05) is 4.90 Å². The SMILES string of the molecule is O=C(c1cccnc1)N1CCN(c2ccc(F)c(F)c2)CC1. The fourth-order valence-corrected chi connectivity index (χ4v) is 2.52. The Kier molecular flexibility index (Phi) is 4.00. The molecular formula is C16H15F2N3O. The zero-order valence-corrected chi connectivity index (χ0v) is 11.9. The summed E-state index contributed by atoms with van der Waals surface area (Å²) in [6.45, 7) is 2.23. The summed E-state index contributed by atoms with van der Waals surface area (Å²) in [5.41, 5.74) is 1.19. The summed E-state index contributed by atoms with van der Waals surface area (Å²) >= 11 is 0. The Hall–Kier alpha value is -2.50. The lowest BCUT2D eigenvalue weighted by Gasteiger charge is -2.36. The van der Waals surface area contributed by atoms with Crippen molar-refractivity contribution >= 4 is 11.6 Å². The Morgan fingerprint density at radius 1 is 1.05 bits per heavy atom. The number of carbonyl (C=O) groups excluding carboxylic acids is 1. The van der Waals surface area contributed by atoms with Crippen LogP contribution in [0.25, 0.3) is 0 Å². The van der Waals surface area contributed by atoms with Crippen molar-refractivity contribution in [2.75, 3.05) is 31.1 Å². The maximum absolute atomic E-state index is 13.3. The molecule has 1 fully saturated rings. The van der Waals surface area contributed by atoms with E-state index >= 15 is 0 Å². The molecule has 3 rings (SSSR count). The molecule has 4 nitrogen and oxygen atoms in total. The van der Waals surface area contributed by atoms with E-state index in [4.69, 9.17) is 0 Å². The van der Waals surface area contributed by atoms with Crippen LogP contribution in [0.15, 0.2) is 42.7 Å². The molecule has 0 saturated carbocycles. The summed E-state index contributed by atoms with van der Waals surface area (Å²) in [7, 11) is 0. The first-order valence-corrected chi connectivity index (χ1v) is 7.04. The molecule has 0 aliphatic carbocycles.